The van der Waals surface area contributed by atoms with E-state index in [2.05, 4.69) is 0 Å². The van der Waals surface area contributed by atoms with Crippen LogP contribution < -0.4 is 4.90 Å². The average molecular weight is 295 g/mol. The highest BCUT2D eigenvalue weighted by atomic mass is 19.1. The minimum Gasteiger partial charge on any atom is -0.365 e. The van der Waals surface area contributed by atoms with E-state index in [1.54, 1.807) is 4.90 Å². The van der Waals surface area contributed by atoms with E-state index < -0.39 is 10.7 Å². The van der Waals surface area contributed by atoms with Gasteiger partial charge in [-0.25, -0.2) is 4.39 Å². The third kappa shape index (κ3) is 3.12. The van der Waals surface area contributed by atoms with E-state index in [4.69, 9.17) is 0 Å². The van der Waals surface area contributed by atoms with Gasteiger partial charge in [0.15, 0.2) is 5.82 Å². The van der Waals surface area contributed by atoms with E-state index in [-0.39, 0.29) is 17.6 Å². The molecule has 1 unspecified atom stereocenters. The highest BCUT2D eigenvalue weighted by molar-refractivity contribution is 5.76. The Morgan fingerprint density at radius 1 is 1.48 bits per heavy atom. The summed E-state index contributed by atoms with van der Waals surface area (Å²) >= 11 is 0. The Morgan fingerprint density at radius 3 is 2.71 bits per heavy atom. The number of halogens is 1. The second-order valence-electron chi connectivity index (χ2n) is 5.13. The lowest BCUT2D eigenvalue weighted by molar-refractivity contribution is -0.385. The van der Waals surface area contributed by atoms with Gasteiger partial charge in [0.2, 0.25) is 5.91 Å². The molecule has 7 heteroatoms. The molecule has 21 heavy (non-hydrogen) atoms. The number of benzene rings is 1. The number of piperazine rings is 1. The van der Waals surface area contributed by atoms with E-state index in [9.17, 15) is 19.3 Å². The molecule has 1 aliphatic heterocycles. The van der Waals surface area contributed by atoms with Gasteiger partial charge in [-0.05, 0) is 13.0 Å². The Kier molecular flexibility index (Phi) is 4.40. The molecule has 1 saturated heterocycles. The van der Waals surface area contributed by atoms with Crippen LogP contribution in [0.15, 0.2) is 18.2 Å². The number of nitrogens with zero attached hydrogens (tertiary/aromatic N) is 3. The molecule has 1 aliphatic rings. The fraction of sp³-hybridized carbons (Fsp3) is 0.500. The fourth-order valence-electron chi connectivity index (χ4n) is 2.62. The van der Waals surface area contributed by atoms with E-state index in [1.807, 2.05) is 18.7 Å². The fourth-order valence-corrected chi connectivity index (χ4v) is 2.62. The number of nitro groups is 1. The average Bonchev–Trinajstić information content (AvgIpc) is 2.46. The van der Waals surface area contributed by atoms with Gasteiger partial charge in [-0.2, -0.15) is 0 Å². The van der Waals surface area contributed by atoms with E-state index in [1.165, 1.54) is 12.1 Å². The van der Waals surface area contributed by atoms with Crippen molar-refractivity contribution in [2.45, 2.75) is 26.3 Å². The second-order valence-corrected chi connectivity index (χ2v) is 5.13. The van der Waals surface area contributed by atoms with Crippen LogP contribution in [0.1, 0.15) is 20.3 Å². The molecule has 0 bridgehead atoms. The first kappa shape index (κ1) is 15.2. The quantitative estimate of drug-likeness (QED) is 0.633. The number of hydrogen-bond donors (Lipinski definition) is 0. The Hall–Kier alpha value is -2.18. The standard InChI is InChI=1S/C14H18FN3O3/c1-3-14(19)17-7-6-16(9-10(17)2)13-5-4-11(18(20)21)8-12(13)15/h4-5,8,10H,3,6-7,9H2,1-2H3. The van der Waals surface area contributed by atoms with E-state index in [0.29, 0.717) is 31.7 Å². The molecular formula is C14H18FN3O3. The summed E-state index contributed by atoms with van der Waals surface area (Å²) in [6.45, 7) is 5.30. The van der Waals surface area contributed by atoms with Crippen LogP contribution in [0, 0.1) is 15.9 Å². The molecule has 0 aromatic heterocycles. The summed E-state index contributed by atoms with van der Waals surface area (Å²) in [5, 5.41) is 10.6. The van der Waals surface area contributed by atoms with Gasteiger partial charge >= 0.3 is 0 Å². The molecule has 2 rings (SSSR count). The number of rotatable bonds is 3. The summed E-state index contributed by atoms with van der Waals surface area (Å²) in [5.41, 5.74) is 0.0835. The lowest BCUT2D eigenvalue weighted by Gasteiger charge is -2.41. The summed E-state index contributed by atoms with van der Waals surface area (Å²) in [4.78, 5) is 25.4. The second kappa shape index (κ2) is 6.07. The van der Waals surface area contributed by atoms with Gasteiger partial charge in [-0.15, -0.1) is 0 Å². The largest absolute Gasteiger partial charge is 0.365 e. The maximum absolute atomic E-state index is 14.0. The van der Waals surface area contributed by atoms with E-state index in [0.717, 1.165) is 6.07 Å². The van der Waals surface area contributed by atoms with Gasteiger partial charge in [0.25, 0.3) is 5.69 Å². The van der Waals surface area contributed by atoms with Crippen molar-refractivity contribution in [2.24, 2.45) is 0 Å². The molecule has 0 radical (unpaired) electrons. The first-order valence-electron chi connectivity index (χ1n) is 6.92. The molecule has 114 valence electrons. The van der Waals surface area contributed by atoms with Crippen LogP contribution in [0.5, 0.6) is 0 Å². The van der Waals surface area contributed by atoms with Gasteiger partial charge in [0.05, 0.1) is 16.7 Å². The molecule has 6 nitrogen and oxygen atoms in total. The molecule has 1 aromatic carbocycles. The predicted molar refractivity (Wildman–Crippen MR) is 76.7 cm³/mol. The van der Waals surface area contributed by atoms with Crippen molar-refractivity contribution in [3.63, 3.8) is 0 Å². The number of anilines is 1. The Balaban J connectivity index is 2.14. The molecule has 0 aliphatic carbocycles. The number of hydrogen-bond acceptors (Lipinski definition) is 4. The zero-order valence-corrected chi connectivity index (χ0v) is 12.1. The number of nitro benzene ring substituents is 1. The molecule has 0 N–H and O–H groups in total. The highest BCUT2D eigenvalue weighted by Gasteiger charge is 2.28. The maximum Gasteiger partial charge on any atom is 0.272 e. The zero-order chi connectivity index (χ0) is 15.6. The molecule has 1 aromatic rings. The van der Waals surface area contributed by atoms with Gasteiger partial charge in [0, 0.05) is 38.2 Å². The number of non-ortho nitro benzene ring substituents is 1. The molecule has 1 amide bonds. The van der Waals surface area contributed by atoms with Crippen LogP contribution in [0.3, 0.4) is 0 Å². The Morgan fingerprint density at radius 2 is 2.19 bits per heavy atom. The van der Waals surface area contributed by atoms with Crippen molar-refractivity contribution in [1.29, 1.82) is 0 Å². The Bertz CT molecular complexity index is 564. The molecule has 0 spiro atoms. The topological polar surface area (TPSA) is 66.7 Å². The van der Waals surface area contributed by atoms with Crippen molar-refractivity contribution < 1.29 is 14.1 Å². The molecular weight excluding hydrogens is 277 g/mol. The van der Waals surface area contributed by atoms with Gasteiger partial charge in [0.1, 0.15) is 0 Å². The number of amides is 1. The summed E-state index contributed by atoms with van der Waals surface area (Å²) < 4.78 is 14.0. The van der Waals surface area contributed by atoms with Gasteiger partial charge in [-0.3, -0.25) is 14.9 Å². The smallest absolute Gasteiger partial charge is 0.272 e. The number of carbonyl (C=O) groups is 1. The first-order valence-corrected chi connectivity index (χ1v) is 6.92. The minimum absolute atomic E-state index is 0.0132. The van der Waals surface area contributed by atoms with Crippen LogP contribution in [0.4, 0.5) is 15.8 Å². The monoisotopic (exact) mass is 295 g/mol. The predicted octanol–water partition coefficient (Wildman–Crippen LogP) is 2.18. The van der Waals surface area contributed by atoms with Crippen LogP contribution in [0.25, 0.3) is 0 Å². The highest BCUT2D eigenvalue weighted by Crippen LogP contribution is 2.26. The van der Waals surface area contributed by atoms with Crippen LogP contribution in [-0.4, -0.2) is 41.4 Å². The zero-order valence-electron chi connectivity index (χ0n) is 12.1. The Labute approximate surface area is 122 Å². The van der Waals surface area contributed by atoms with Crippen molar-refractivity contribution in [3.8, 4) is 0 Å². The van der Waals surface area contributed by atoms with Crippen molar-refractivity contribution in [2.75, 3.05) is 24.5 Å². The van der Waals surface area contributed by atoms with Crippen LogP contribution in [0.2, 0.25) is 0 Å². The minimum atomic E-state index is -0.618. The third-order valence-electron chi connectivity index (χ3n) is 3.73. The summed E-state index contributed by atoms with van der Waals surface area (Å²) in [6, 6.07) is 3.65. The molecule has 1 atom stereocenters. The maximum atomic E-state index is 14.0. The number of carbonyl (C=O) groups excluding carboxylic acids is 1. The van der Waals surface area contributed by atoms with Crippen LogP contribution in [-0.2, 0) is 4.79 Å². The summed E-state index contributed by atoms with van der Waals surface area (Å²) in [6.07, 6.45) is 0.455. The molecule has 1 fully saturated rings. The lowest BCUT2D eigenvalue weighted by atomic mass is 10.1. The van der Waals surface area contributed by atoms with E-state index >= 15 is 0 Å². The lowest BCUT2D eigenvalue weighted by Crippen LogP contribution is -2.54. The normalized spacial score (nSPS) is 18.7. The van der Waals surface area contributed by atoms with Crippen molar-refractivity contribution in [3.05, 3.63) is 34.1 Å². The third-order valence-corrected chi connectivity index (χ3v) is 3.73. The summed E-state index contributed by atoms with van der Waals surface area (Å²) in [7, 11) is 0. The molecule has 0 saturated carbocycles. The summed E-state index contributed by atoms with van der Waals surface area (Å²) in [5.74, 6) is -0.516. The SMILES string of the molecule is CCC(=O)N1CCN(c2ccc([N+](=O)[O-])cc2F)CC1C. The van der Waals surface area contributed by atoms with Crippen LogP contribution >= 0.6 is 0 Å². The van der Waals surface area contributed by atoms with Crippen molar-refractivity contribution >= 4 is 17.3 Å². The first-order chi connectivity index (χ1) is 9.93. The van der Waals surface area contributed by atoms with Crippen molar-refractivity contribution in [1.82, 2.24) is 4.90 Å². The van der Waals surface area contributed by atoms with Gasteiger partial charge in [-0.1, -0.05) is 6.92 Å². The molecule has 1 heterocycles. The van der Waals surface area contributed by atoms with Gasteiger partial charge < -0.3 is 9.80 Å².